The summed E-state index contributed by atoms with van der Waals surface area (Å²) >= 11 is 0. The van der Waals surface area contributed by atoms with Crippen molar-refractivity contribution >= 4 is 6.16 Å². The third-order valence-corrected chi connectivity index (χ3v) is 1.76. The maximum Gasteiger partial charge on any atom is 0.506 e. The number of aryl methyl sites for hydroxylation is 1. The molecule has 0 bridgehead atoms. The molecular weight excluding hydrogens is 168 g/mol. The van der Waals surface area contributed by atoms with Crippen molar-refractivity contribution in [3.8, 4) is 0 Å². The maximum atomic E-state index is 10.1. The first-order valence-corrected chi connectivity index (χ1v) is 4.16. The molecule has 0 aliphatic heterocycles. The third-order valence-electron chi connectivity index (χ3n) is 1.76. The van der Waals surface area contributed by atoms with Crippen LogP contribution in [-0.2, 0) is 17.8 Å². The summed E-state index contributed by atoms with van der Waals surface area (Å²) in [6, 6.07) is 7.70. The van der Waals surface area contributed by atoms with Crippen LogP contribution in [0.3, 0.4) is 0 Å². The summed E-state index contributed by atoms with van der Waals surface area (Å²) < 4.78 is 4.44. The van der Waals surface area contributed by atoms with Crippen LogP contribution in [0.4, 0.5) is 4.79 Å². The topological polar surface area (TPSA) is 46.5 Å². The minimum Gasteiger partial charge on any atom is -0.450 e. The molecule has 0 atom stereocenters. The van der Waals surface area contributed by atoms with Crippen molar-refractivity contribution in [2.24, 2.45) is 0 Å². The Hall–Kier alpha value is -1.51. The molecule has 0 fully saturated rings. The molecule has 0 spiro atoms. The molecule has 3 heteroatoms. The summed E-state index contributed by atoms with van der Waals surface area (Å²) in [5.74, 6) is 0. The van der Waals surface area contributed by atoms with Gasteiger partial charge in [0.25, 0.3) is 0 Å². The molecule has 0 aliphatic carbocycles. The monoisotopic (exact) mass is 180 g/mol. The summed E-state index contributed by atoms with van der Waals surface area (Å²) in [6.07, 6.45) is -0.289. The van der Waals surface area contributed by atoms with Gasteiger partial charge in [-0.3, -0.25) is 0 Å². The summed E-state index contributed by atoms with van der Waals surface area (Å²) in [7, 11) is 0. The lowest BCUT2D eigenvalue weighted by molar-refractivity contribution is 0.0853. The fourth-order valence-electron chi connectivity index (χ4n) is 1.08. The molecule has 70 valence electrons. The van der Waals surface area contributed by atoms with Crippen molar-refractivity contribution in [1.82, 2.24) is 0 Å². The molecular formula is C10H12O3. The van der Waals surface area contributed by atoms with Gasteiger partial charge in [-0.1, -0.05) is 31.2 Å². The first-order chi connectivity index (χ1) is 6.22. The van der Waals surface area contributed by atoms with E-state index in [2.05, 4.69) is 11.7 Å². The van der Waals surface area contributed by atoms with Crippen LogP contribution < -0.4 is 0 Å². The Morgan fingerprint density at radius 2 is 2.15 bits per heavy atom. The lowest BCUT2D eigenvalue weighted by Gasteiger charge is -2.02. The highest BCUT2D eigenvalue weighted by Crippen LogP contribution is 2.06. The van der Waals surface area contributed by atoms with Crippen LogP contribution in [0.25, 0.3) is 0 Å². The number of hydrogen-bond acceptors (Lipinski definition) is 2. The predicted octanol–water partition coefficient (Wildman–Crippen LogP) is 2.44. The van der Waals surface area contributed by atoms with E-state index in [0.29, 0.717) is 0 Å². The molecule has 0 saturated heterocycles. The van der Waals surface area contributed by atoms with Gasteiger partial charge >= 0.3 is 6.16 Å². The smallest absolute Gasteiger partial charge is 0.450 e. The highest BCUT2D eigenvalue weighted by molar-refractivity contribution is 5.56. The second-order valence-corrected chi connectivity index (χ2v) is 2.73. The van der Waals surface area contributed by atoms with Crippen LogP contribution in [-0.4, -0.2) is 11.3 Å². The van der Waals surface area contributed by atoms with Crippen LogP contribution in [0.2, 0.25) is 0 Å². The van der Waals surface area contributed by atoms with Crippen molar-refractivity contribution in [3.63, 3.8) is 0 Å². The Kier molecular flexibility index (Phi) is 3.31. The zero-order valence-electron chi connectivity index (χ0n) is 7.49. The molecule has 0 radical (unpaired) electrons. The molecule has 0 amide bonds. The number of rotatable bonds is 3. The van der Waals surface area contributed by atoms with E-state index in [1.54, 1.807) is 0 Å². The van der Waals surface area contributed by atoms with Gasteiger partial charge in [-0.25, -0.2) is 4.79 Å². The lowest BCUT2D eigenvalue weighted by Crippen LogP contribution is -2.00. The Morgan fingerprint density at radius 3 is 2.77 bits per heavy atom. The second kappa shape index (κ2) is 4.50. The van der Waals surface area contributed by atoms with Gasteiger partial charge in [-0.2, -0.15) is 0 Å². The summed E-state index contributed by atoms with van der Waals surface area (Å²) in [5, 5.41) is 8.28. The average Bonchev–Trinajstić information content (AvgIpc) is 2.15. The summed E-state index contributed by atoms with van der Waals surface area (Å²) in [4.78, 5) is 10.1. The van der Waals surface area contributed by atoms with E-state index in [4.69, 9.17) is 5.11 Å². The van der Waals surface area contributed by atoms with Crippen molar-refractivity contribution < 1.29 is 14.6 Å². The van der Waals surface area contributed by atoms with Gasteiger partial charge in [0, 0.05) is 0 Å². The Labute approximate surface area is 77.0 Å². The quantitative estimate of drug-likeness (QED) is 0.726. The number of carboxylic acid groups (broad SMARTS) is 1. The Morgan fingerprint density at radius 1 is 1.46 bits per heavy atom. The molecule has 0 heterocycles. The van der Waals surface area contributed by atoms with Gasteiger partial charge in [-0.05, 0) is 17.5 Å². The van der Waals surface area contributed by atoms with E-state index in [1.807, 2.05) is 24.3 Å². The van der Waals surface area contributed by atoms with Crippen LogP contribution in [0, 0.1) is 0 Å². The lowest BCUT2D eigenvalue weighted by atomic mass is 10.1. The van der Waals surface area contributed by atoms with Gasteiger partial charge in [0.05, 0.1) is 0 Å². The highest BCUT2D eigenvalue weighted by atomic mass is 16.7. The normalized spacial score (nSPS) is 9.62. The second-order valence-electron chi connectivity index (χ2n) is 2.73. The zero-order chi connectivity index (χ0) is 9.68. The van der Waals surface area contributed by atoms with Gasteiger partial charge in [0.1, 0.15) is 6.61 Å². The number of hydrogen-bond donors (Lipinski definition) is 1. The zero-order valence-corrected chi connectivity index (χ0v) is 7.49. The number of benzene rings is 1. The average molecular weight is 180 g/mol. The van der Waals surface area contributed by atoms with E-state index in [9.17, 15) is 4.79 Å². The van der Waals surface area contributed by atoms with Gasteiger partial charge < -0.3 is 9.84 Å². The molecule has 3 nitrogen and oxygen atoms in total. The molecule has 1 aromatic rings. The van der Waals surface area contributed by atoms with Crippen molar-refractivity contribution in [1.29, 1.82) is 0 Å². The third kappa shape index (κ3) is 3.15. The van der Waals surface area contributed by atoms with Gasteiger partial charge in [0.15, 0.2) is 0 Å². The van der Waals surface area contributed by atoms with E-state index in [0.717, 1.165) is 12.0 Å². The van der Waals surface area contributed by atoms with Gasteiger partial charge in [0.2, 0.25) is 0 Å². The molecule has 1 rings (SSSR count). The molecule has 1 N–H and O–H groups in total. The van der Waals surface area contributed by atoms with Crippen LogP contribution >= 0.6 is 0 Å². The van der Waals surface area contributed by atoms with Crippen molar-refractivity contribution in [3.05, 3.63) is 35.4 Å². The van der Waals surface area contributed by atoms with E-state index in [1.165, 1.54) is 5.56 Å². The summed E-state index contributed by atoms with van der Waals surface area (Å²) in [5.41, 5.74) is 2.08. The summed E-state index contributed by atoms with van der Waals surface area (Å²) in [6.45, 7) is 2.18. The minimum atomic E-state index is -1.23. The molecule has 1 aromatic carbocycles. The largest absolute Gasteiger partial charge is 0.506 e. The minimum absolute atomic E-state index is 0.128. The SMILES string of the molecule is CCc1cccc(COC(=O)O)c1. The van der Waals surface area contributed by atoms with Gasteiger partial charge in [-0.15, -0.1) is 0 Å². The van der Waals surface area contributed by atoms with Crippen molar-refractivity contribution in [2.45, 2.75) is 20.0 Å². The van der Waals surface area contributed by atoms with Crippen LogP contribution in [0.15, 0.2) is 24.3 Å². The van der Waals surface area contributed by atoms with E-state index >= 15 is 0 Å². The Bertz CT molecular complexity index is 294. The number of carbonyl (C=O) groups is 1. The molecule has 13 heavy (non-hydrogen) atoms. The number of ether oxygens (including phenoxy) is 1. The molecule has 0 aliphatic rings. The molecule has 0 saturated carbocycles. The van der Waals surface area contributed by atoms with E-state index < -0.39 is 6.16 Å². The first-order valence-electron chi connectivity index (χ1n) is 4.16. The Balaban J connectivity index is 2.61. The van der Waals surface area contributed by atoms with Crippen LogP contribution in [0.5, 0.6) is 0 Å². The molecule has 0 unspecified atom stereocenters. The van der Waals surface area contributed by atoms with Crippen LogP contribution in [0.1, 0.15) is 18.1 Å². The predicted molar refractivity (Wildman–Crippen MR) is 48.6 cm³/mol. The fourth-order valence-corrected chi connectivity index (χ4v) is 1.08. The highest BCUT2D eigenvalue weighted by Gasteiger charge is 1.98. The molecule has 0 aromatic heterocycles. The van der Waals surface area contributed by atoms with Crippen molar-refractivity contribution in [2.75, 3.05) is 0 Å². The van der Waals surface area contributed by atoms with E-state index in [-0.39, 0.29) is 6.61 Å². The first kappa shape index (κ1) is 9.58. The standard InChI is InChI=1S/C10H12O3/c1-2-8-4-3-5-9(6-8)7-13-10(11)12/h3-6H,2,7H2,1H3,(H,11,12). The fraction of sp³-hybridized carbons (Fsp3) is 0.300. The maximum absolute atomic E-state index is 10.1.